The summed E-state index contributed by atoms with van der Waals surface area (Å²) in [6, 6.07) is 4.48. The van der Waals surface area contributed by atoms with Crippen LogP contribution in [0.5, 0.6) is 5.75 Å². The van der Waals surface area contributed by atoms with Crippen LogP contribution in [0.25, 0.3) is 10.9 Å². The fourth-order valence-electron chi connectivity index (χ4n) is 2.57. The number of carboxylic acids is 1. The van der Waals surface area contributed by atoms with E-state index in [-0.39, 0.29) is 12.2 Å². The zero-order valence-electron chi connectivity index (χ0n) is 16.6. The number of ketones is 1. The lowest BCUT2D eigenvalue weighted by Crippen LogP contribution is -2.32. The number of esters is 1. The maximum absolute atomic E-state index is 11.8. The van der Waals surface area contributed by atoms with Gasteiger partial charge in [-0.1, -0.05) is 19.8 Å². The SMILES string of the molecule is CCCCCNC(=O)NN=Cc1c[nH]c2ccc(OC(=O)CCC(=O)C(=O)O)cc12. The van der Waals surface area contributed by atoms with E-state index in [0.717, 1.165) is 24.8 Å². The predicted octanol–water partition coefficient (Wildman–Crippen LogP) is 2.33. The largest absolute Gasteiger partial charge is 0.476 e. The maximum Gasteiger partial charge on any atom is 0.372 e. The molecule has 0 spiro atoms. The van der Waals surface area contributed by atoms with Crippen molar-refractivity contribution in [3.05, 3.63) is 30.0 Å². The minimum absolute atomic E-state index is 0.242. The molecule has 160 valence electrons. The number of carboxylic acid groups (broad SMARTS) is 1. The third-order valence-electron chi connectivity index (χ3n) is 4.15. The van der Waals surface area contributed by atoms with Gasteiger partial charge in [-0.05, 0) is 24.6 Å². The normalized spacial score (nSPS) is 10.8. The van der Waals surface area contributed by atoms with Crippen LogP contribution in [0.1, 0.15) is 44.6 Å². The van der Waals surface area contributed by atoms with Gasteiger partial charge in [0.2, 0.25) is 5.78 Å². The molecule has 4 N–H and O–H groups in total. The zero-order chi connectivity index (χ0) is 21.9. The highest BCUT2D eigenvalue weighted by molar-refractivity contribution is 6.32. The van der Waals surface area contributed by atoms with E-state index in [1.165, 1.54) is 6.21 Å². The lowest BCUT2D eigenvalue weighted by Gasteiger charge is -2.04. The van der Waals surface area contributed by atoms with Gasteiger partial charge in [-0.3, -0.25) is 9.59 Å². The molecule has 30 heavy (non-hydrogen) atoms. The Labute approximate surface area is 172 Å². The number of Topliss-reactive ketones (excluding diaryl/α,β-unsaturated/α-hetero) is 1. The molecule has 0 unspecified atom stereocenters. The number of hydrogen-bond donors (Lipinski definition) is 4. The van der Waals surface area contributed by atoms with Crippen LogP contribution in [0.2, 0.25) is 0 Å². The van der Waals surface area contributed by atoms with E-state index in [1.54, 1.807) is 24.4 Å². The number of benzene rings is 1. The van der Waals surface area contributed by atoms with E-state index in [9.17, 15) is 19.2 Å². The number of rotatable bonds is 11. The van der Waals surface area contributed by atoms with Crippen LogP contribution >= 0.6 is 0 Å². The van der Waals surface area contributed by atoms with E-state index < -0.39 is 30.2 Å². The van der Waals surface area contributed by atoms with Crippen molar-refractivity contribution >= 4 is 40.9 Å². The molecule has 0 saturated heterocycles. The molecular weight excluding hydrogens is 392 g/mol. The van der Waals surface area contributed by atoms with E-state index in [4.69, 9.17) is 9.84 Å². The summed E-state index contributed by atoms with van der Waals surface area (Å²) in [7, 11) is 0. The van der Waals surface area contributed by atoms with Gasteiger partial charge in [-0.15, -0.1) is 0 Å². The number of aliphatic carboxylic acids is 1. The molecule has 1 aromatic heterocycles. The smallest absolute Gasteiger partial charge is 0.372 e. The fraction of sp³-hybridized carbons (Fsp3) is 0.350. The molecule has 0 saturated carbocycles. The molecule has 0 atom stereocenters. The molecule has 10 heteroatoms. The number of carbonyl (C=O) groups is 4. The van der Waals surface area contributed by atoms with Gasteiger partial charge in [-0.25, -0.2) is 15.0 Å². The molecule has 2 amide bonds. The average molecular weight is 416 g/mol. The van der Waals surface area contributed by atoms with Gasteiger partial charge in [0.05, 0.1) is 12.6 Å². The Morgan fingerprint density at radius 1 is 1.20 bits per heavy atom. The zero-order valence-corrected chi connectivity index (χ0v) is 16.6. The van der Waals surface area contributed by atoms with Crippen molar-refractivity contribution in [3.63, 3.8) is 0 Å². The Morgan fingerprint density at radius 2 is 2.00 bits per heavy atom. The first-order valence-corrected chi connectivity index (χ1v) is 9.55. The number of nitrogens with zero attached hydrogens (tertiary/aromatic N) is 1. The molecule has 10 nitrogen and oxygen atoms in total. The van der Waals surface area contributed by atoms with Gasteiger partial charge in [-0.2, -0.15) is 5.10 Å². The van der Waals surface area contributed by atoms with Crippen LogP contribution in [-0.2, 0) is 14.4 Å². The first kappa shape index (κ1) is 22.6. The first-order chi connectivity index (χ1) is 14.4. The number of nitrogens with one attached hydrogen (secondary N) is 3. The molecule has 1 heterocycles. The molecule has 2 aromatic rings. The van der Waals surface area contributed by atoms with Crippen LogP contribution < -0.4 is 15.5 Å². The van der Waals surface area contributed by atoms with Gasteiger partial charge in [0.1, 0.15) is 5.75 Å². The van der Waals surface area contributed by atoms with E-state index in [2.05, 4.69) is 27.8 Å². The standard InChI is InChI=1S/C20H24N4O6/c1-2-3-4-9-21-20(29)24-23-12-13-11-22-16-6-5-14(10-15(13)16)30-18(26)8-7-17(25)19(27)28/h5-6,10-12,22H,2-4,7-9H2,1H3,(H,27,28)(H2,21,24,29). The van der Waals surface area contributed by atoms with Crippen molar-refractivity contribution in [3.8, 4) is 5.75 Å². The van der Waals surface area contributed by atoms with Crippen molar-refractivity contribution in [1.82, 2.24) is 15.7 Å². The summed E-state index contributed by atoms with van der Waals surface area (Å²) in [5, 5.41) is 15.8. The molecule has 1 aromatic carbocycles. The minimum Gasteiger partial charge on any atom is -0.476 e. The summed E-state index contributed by atoms with van der Waals surface area (Å²) in [5.41, 5.74) is 3.81. The number of ether oxygens (including phenoxy) is 1. The fourth-order valence-corrected chi connectivity index (χ4v) is 2.57. The third-order valence-corrected chi connectivity index (χ3v) is 4.15. The van der Waals surface area contributed by atoms with Gasteiger partial charge in [0, 0.05) is 35.6 Å². The second-order valence-electron chi connectivity index (χ2n) is 6.49. The molecule has 0 aliphatic rings. The Bertz CT molecular complexity index is 950. The summed E-state index contributed by atoms with van der Waals surface area (Å²) >= 11 is 0. The number of aromatic nitrogens is 1. The van der Waals surface area contributed by atoms with E-state index in [0.29, 0.717) is 17.5 Å². The number of aromatic amines is 1. The lowest BCUT2D eigenvalue weighted by molar-refractivity contribution is -0.149. The average Bonchev–Trinajstić information content (AvgIpc) is 3.11. The van der Waals surface area contributed by atoms with Crippen molar-refractivity contribution in [2.75, 3.05) is 6.54 Å². The highest BCUT2D eigenvalue weighted by Crippen LogP contribution is 2.23. The van der Waals surface area contributed by atoms with E-state index >= 15 is 0 Å². The molecular formula is C20H24N4O6. The summed E-state index contributed by atoms with van der Waals surface area (Å²) in [4.78, 5) is 48.1. The summed E-state index contributed by atoms with van der Waals surface area (Å²) in [6.07, 6.45) is 5.41. The van der Waals surface area contributed by atoms with Crippen LogP contribution in [0.4, 0.5) is 4.79 Å². The number of unbranched alkanes of at least 4 members (excludes halogenated alkanes) is 2. The van der Waals surface area contributed by atoms with Crippen LogP contribution in [0.15, 0.2) is 29.5 Å². The van der Waals surface area contributed by atoms with E-state index in [1.807, 2.05) is 0 Å². The summed E-state index contributed by atoms with van der Waals surface area (Å²) in [6.45, 7) is 2.66. The maximum atomic E-state index is 11.8. The summed E-state index contributed by atoms with van der Waals surface area (Å²) in [5.74, 6) is -3.10. The number of amides is 2. The second kappa shape index (κ2) is 11.3. The molecule has 0 bridgehead atoms. The quantitative estimate of drug-likeness (QED) is 0.110. The number of hydrogen-bond acceptors (Lipinski definition) is 6. The van der Waals surface area contributed by atoms with Gasteiger partial charge in [0.25, 0.3) is 0 Å². The molecule has 0 fully saturated rings. The Morgan fingerprint density at radius 3 is 2.73 bits per heavy atom. The Kier molecular flexibility index (Phi) is 8.55. The third kappa shape index (κ3) is 7.04. The number of fused-ring (bicyclic) bond motifs is 1. The molecule has 0 aliphatic carbocycles. The van der Waals surface area contributed by atoms with Gasteiger partial charge < -0.3 is 20.1 Å². The highest BCUT2D eigenvalue weighted by Gasteiger charge is 2.15. The lowest BCUT2D eigenvalue weighted by atomic mass is 10.2. The van der Waals surface area contributed by atoms with Crippen molar-refractivity contribution in [2.24, 2.45) is 5.10 Å². The number of carbonyl (C=O) groups excluding carboxylic acids is 3. The number of H-pyrrole nitrogens is 1. The molecule has 2 rings (SSSR count). The Balaban J connectivity index is 1.94. The predicted molar refractivity (Wildman–Crippen MR) is 109 cm³/mol. The monoisotopic (exact) mass is 416 g/mol. The minimum atomic E-state index is -1.58. The molecule has 0 radical (unpaired) electrons. The number of hydrazone groups is 1. The molecule has 0 aliphatic heterocycles. The van der Waals surface area contributed by atoms with Crippen molar-refractivity contribution in [2.45, 2.75) is 39.0 Å². The number of urea groups is 1. The second-order valence-corrected chi connectivity index (χ2v) is 6.49. The van der Waals surface area contributed by atoms with Crippen LogP contribution in [-0.4, -0.2) is 46.6 Å². The first-order valence-electron chi connectivity index (χ1n) is 9.55. The summed E-state index contributed by atoms with van der Waals surface area (Å²) < 4.78 is 5.16. The van der Waals surface area contributed by atoms with Gasteiger partial charge in [0.15, 0.2) is 0 Å². The van der Waals surface area contributed by atoms with Crippen molar-refractivity contribution in [1.29, 1.82) is 0 Å². The van der Waals surface area contributed by atoms with Crippen LogP contribution in [0.3, 0.4) is 0 Å². The van der Waals surface area contributed by atoms with Crippen molar-refractivity contribution < 1.29 is 29.0 Å². The Hall–Kier alpha value is -3.69. The van der Waals surface area contributed by atoms with Crippen LogP contribution in [0, 0.1) is 0 Å². The highest BCUT2D eigenvalue weighted by atomic mass is 16.5. The van der Waals surface area contributed by atoms with Gasteiger partial charge >= 0.3 is 18.0 Å². The topological polar surface area (TPSA) is 150 Å².